The Balaban J connectivity index is 1.92. The SMILES string of the molecule is CCC(N)(CC)c1noc(-c2cc3c(s2)CCSC3)n1. The number of hydrogen-bond acceptors (Lipinski definition) is 6. The number of rotatable bonds is 4. The third-order valence-electron chi connectivity index (χ3n) is 3.97. The maximum atomic E-state index is 6.32. The number of aryl methyl sites for hydroxylation is 1. The zero-order valence-corrected chi connectivity index (χ0v) is 13.4. The Labute approximate surface area is 127 Å². The minimum Gasteiger partial charge on any atom is -0.333 e. The third-order valence-corrected chi connectivity index (χ3v) is 6.20. The largest absolute Gasteiger partial charge is 0.333 e. The van der Waals surface area contributed by atoms with Gasteiger partial charge in [0.1, 0.15) is 0 Å². The highest BCUT2D eigenvalue weighted by molar-refractivity contribution is 7.98. The van der Waals surface area contributed by atoms with Crippen molar-refractivity contribution in [2.24, 2.45) is 5.73 Å². The van der Waals surface area contributed by atoms with E-state index in [0.29, 0.717) is 11.7 Å². The minimum atomic E-state index is -0.478. The smallest absolute Gasteiger partial charge is 0.268 e. The van der Waals surface area contributed by atoms with E-state index in [2.05, 4.69) is 30.1 Å². The fourth-order valence-electron chi connectivity index (χ4n) is 2.34. The summed E-state index contributed by atoms with van der Waals surface area (Å²) in [7, 11) is 0. The zero-order chi connectivity index (χ0) is 14.2. The molecule has 0 radical (unpaired) electrons. The van der Waals surface area contributed by atoms with Crippen LogP contribution in [0.5, 0.6) is 0 Å². The van der Waals surface area contributed by atoms with Crippen LogP contribution in [-0.4, -0.2) is 15.9 Å². The molecule has 1 aliphatic heterocycles. The van der Waals surface area contributed by atoms with E-state index >= 15 is 0 Å². The van der Waals surface area contributed by atoms with Crippen LogP contribution >= 0.6 is 23.1 Å². The predicted octanol–water partition coefficient (Wildman–Crippen LogP) is 3.56. The first-order chi connectivity index (χ1) is 9.66. The highest BCUT2D eigenvalue weighted by atomic mass is 32.2. The molecule has 108 valence electrons. The topological polar surface area (TPSA) is 64.9 Å². The molecule has 0 amide bonds. The molecule has 3 rings (SSSR count). The van der Waals surface area contributed by atoms with Gasteiger partial charge in [-0.05, 0) is 36.6 Å². The number of hydrogen-bond donors (Lipinski definition) is 1. The van der Waals surface area contributed by atoms with Gasteiger partial charge in [-0.15, -0.1) is 11.3 Å². The first-order valence-electron chi connectivity index (χ1n) is 6.99. The summed E-state index contributed by atoms with van der Waals surface area (Å²) >= 11 is 3.76. The van der Waals surface area contributed by atoms with Crippen LogP contribution in [0.2, 0.25) is 0 Å². The average Bonchev–Trinajstić information content (AvgIpc) is 3.12. The number of thioether (sulfide) groups is 1. The van der Waals surface area contributed by atoms with Crippen molar-refractivity contribution < 1.29 is 4.52 Å². The molecule has 6 heteroatoms. The van der Waals surface area contributed by atoms with Crippen LogP contribution in [0.3, 0.4) is 0 Å². The maximum absolute atomic E-state index is 6.32. The molecule has 20 heavy (non-hydrogen) atoms. The molecule has 2 aromatic heterocycles. The summed E-state index contributed by atoms with van der Waals surface area (Å²) in [4.78, 5) is 7.07. The van der Waals surface area contributed by atoms with Gasteiger partial charge in [0.15, 0.2) is 5.82 Å². The van der Waals surface area contributed by atoms with Crippen molar-refractivity contribution in [3.63, 3.8) is 0 Å². The molecule has 2 aromatic rings. The number of aromatic nitrogens is 2. The van der Waals surface area contributed by atoms with Crippen molar-refractivity contribution in [2.75, 3.05) is 5.75 Å². The van der Waals surface area contributed by atoms with Crippen LogP contribution in [0.1, 0.15) is 43.0 Å². The van der Waals surface area contributed by atoms with Crippen molar-refractivity contribution in [2.45, 2.75) is 44.4 Å². The summed E-state index contributed by atoms with van der Waals surface area (Å²) in [5, 5.41) is 4.10. The van der Waals surface area contributed by atoms with Gasteiger partial charge in [0.05, 0.1) is 10.4 Å². The Hall–Kier alpha value is -0.850. The monoisotopic (exact) mass is 309 g/mol. The van der Waals surface area contributed by atoms with Gasteiger partial charge >= 0.3 is 0 Å². The van der Waals surface area contributed by atoms with E-state index in [1.54, 1.807) is 11.3 Å². The fraction of sp³-hybridized carbons (Fsp3) is 0.571. The zero-order valence-electron chi connectivity index (χ0n) is 11.8. The summed E-state index contributed by atoms with van der Waals surface area (Å²) < 4.78 is 5.44. The van der Waals surface area contributed by atoms with E-state index in [4.69, 9.17) is 10.3 Å². The highest BCUT2D eigenvalue weighted by Crippen LogP contribution is 2.37. The molecule has 4 nitrogen and oxygen atoms in total. The molecule has 0 unspecified atom stereocenters. The number of nitrogens with two attached hydrogens (primary N) is 1. The van der Waals surface area contributed by atoms with Crippen molar-refractivity contribution in [3.05, 3.63) is 22.3 Å². The van der Waals surface area contributed by atoms with Crippen LogP contribution in [0.15, 0.2) is 10.6 Å². The maximum Gasteiger partial charge on any atom is 0.268 e. The lowest BCUT2D eigenvalue weighted by Gasteiger charge is -2.21. The van der Waals surface area contributed by atoms with Gasteiger partial charge in [-0.3, -0.25) is 0 Å². The summed E-state index contributed by atoms with van der Waals surface area (Å²) in [6, 6.07) is 2.19. The van der Waals surface area contributed by atoms with E-state index < -0.39 is 5.54 Å². The second kappa shape index (κ2) is 5.50. The van der Waals surface area contributed by atoms with E-state index in [1.165, 1.54) is 16.2 Å². The molecule has 3 heterocycles. The molecule has 0 saturated carbocycles. The van der Waals surface area contributed by atoms with Crippen LogP contribution in [-0.2, 0) is 17.7 Å². The minimum absolute atomic E-state index is 0.478. The van der Waals surface area contributed by atoms with Gasteiger partial charge in [0.25, 0.3) is 5.89 Å². The predicted molar refractivity (Wildman–Crippen MR) is 83.9 cm³/mol. The second-order valence-corrected chi connectivity index (χ2v) is 7.39. The summed E-state index contributed by atoms with van der Waals surface area (Å²) in [6.45, 7) is 4.11. The second-order valence-electron chi connectivity index (χ2n) is 5.15. The van der Waals surface area contributed by atoms with Crippen LogP contribution in [0.25, 0.3) is 10.8 Å². The van der Waals surface area contributed by atoms with Crippen LogP contribution < -0.4 is 5.73 Å². The van der Waals surface area contributed by atoms with E-state index in [9.17, 15) is 0 Å². The first-order valence-corrected chi connectivity index (χ1v) is 8.96. The number of thiophene rings is 1. The molecular formula is C14H19N3OS2. The Morgan fingerprint density at radius 1 is 1.40 bits per heavy atom. The molecule has 0 aliphatic carbocycles. The molecule has 0 spiro atoms. The van der Waals surface area contributed by atoms with Crippen molar-refractivity contribution in [1.82, 2.24) is 10.1 Å². The molecule has 0 saturated heterocycles. The lowest BCUT2D eigenvalue weighted by molar-refractivity contribution is 0.350. The van der Waals surface area contributed by atoms with Gasteiger partial charge in [-0.25, -0.2) is 0 Å². The van der Waals surface area contributed by atoms with Crippen LogP contribution in [0, 0.1) is 0 Å². The Bertz CT molecular complexity index is 578. The van der Waals surface area contributed by atoms with E-state index in [0.717, 1.165) is 29.9 Å². The third kappa shape index (κ3) is 2.40. The van der Waals surface area contributed by atoms with Crippen molar-refractivity contribution in [3.8, 4) is 10.8 Å². The average molecular weight is 309 g/mol. The highest BCUT2D eigenvalue weighted by Gasteiger charge is 2.29. The quantitative estimate of drug-likeness (QED) is 0.935. The van der Waals surface area contributed by atoms with Gasteiger partial charge in [0.2, 0.25) is 0 Å². The molecule has 2 N–H and O–H groups in total. The molecule has 0 aromatic carbocycles. The molecule has 1 aliphatic rings. The number of nitrogens with zero attached hydrogens (tertiary/aromatic N) is 2. The molecule has 0 fully saturated rings. The summed E-state index contributed by atoms with van der Waals surface area (Å²) in [6.07, 6.45) is 2.76. The van der Waals surface area contributed by atoms with E-state index in [-0.39, 0.29) is 0 Å². The van der Waals surface area contributed by atoms with Gasteiger partial charge in [-0.1, -0.05) is 19.0 Å². The molecular weight excluding hydrogens is 290 g/mol. The normalized spacial score (nSPS) is 15.3. The lowest BCUT2D eigenvalue weighted by Crippen LogP contribution is -2.36. The van der Waals surface area contributed by atoms with Gasteiger partial charge in [-0.2, -0.15) is 16.7 Å². The number of fused-ring (bicyclic) bond motifs is 1. The molecule has 0 bridgehead atoms. The van der Waals surface area contributed by atoms with Crippen LogP contribution in [0.4, 0.5) is 0 Å². The van der Waals surface area contributed by atoms with Crippen molar-refractivity contribution >= 4 is 23.1 Å². The van der Waals surface area contributed by atoms with Gasteiger partial charge in [0, 0.05) is 10.6 Å². The Morgan fingerprint density at radius 3 is 2.90 bits per heavy atom. The Morgan fingerprint density at radius 2 is 2.20 bits per heavy atom. The van der Waals surface area contributed by atoms with Crippen molar-refractivity contribution in [1.29, 1.82) is 0 Å². The summed E-state index contributed by atoms with van der Waals surface area (Å²) in [5.74, 6) is 3.54. The lowest BCUT2D eigenvalue weighted by atomic mass is 9.93. The fourth-order valence-corrected chi connectivity index (χ4v) is 4.64. The van der Waals surface area contributed by atoms with E-state index in [1.807, 2.05) is 11.8 Å². The molecule has 0 atom stereocenters. The Kier molecular flexibility index (Phi) is 3.88. The van der Waals surface area contributed by atoms with Gasteiger partial charge < -0.3 is 10.3 Å². The standard InChI is InChI=1S/C14H19N3OS2/c1-3-14(15,4-2)13-16-12(18-17-13)11-7-9-8-19-6-5-10(9)20-11/h7H,3-6,8,15H2,1-2H3. The first kappa shape index (κ1) is 14.1. The summed E-state index contributed by atoms with van der Waals surface area (Å²) in [5.41, 5.74) is 7.27.